The summed E-state index contributed by atoms with van der Waals surface area (Å²) in [6, 6.07) is 14.1. The zero-order valence-electron chi connectivity index (χ0n) is 18.1. The first-order valence-corrected chi connectivity index (χ1v) is 12.7. The van der Waals surface area contributed by atoms with Crippen molar-refractivity contribution in [2.45, 2.75) is 28.6 Å². The average Bonchev–Trinajstić information content (AvgIpc) is 3.68. The van der Waals surface area contributed by atoms with Gasteiger partial charge in [-0.25, -0.2) is 8.42 Å². The largest absolute Gasteiger partial charge is 0.376 e. The normalized spacial score (nSPS) is 20.3. The van der Waals surface area contributed by atoms with Gasteiger partial charge in [0.15, 0.2) is 15.4 Å². The molecule has 8 nitrogen and oxygen atoms in total. The van der Waals surface area contributed by atoms with E-state index >= 15 is 0 Å². The van der Waals surface area contributed by atoms with Gasteiger partial charge in [0.25, 0.3) is 11.8 Å². The Labute approximate surface area is 192 Å². The maximum absolute atomic E-state index is 12.9. The third-order valence-corrected chi connectivity index (χ3v) is 8.78. The third kappa shape index (κ3) is 4.16. The number of hydrogen-bond acceptors (Lipinski definition) is 6. The Morgan fingerprint density at radius 1 is 0.909 bits per heavy atom. The highest BCUT2D eigenvalue weighted by molar-refractivity contribution is 7.92. The standard InChI is InChI=1S/C24H26N2O6S/c27-22(25-10-12-26(13-11-25)23(28)24(29)15-32-16-24)18-6-4-17(5-7-18)19-2-1-3-21(14-19)33(30,31)20-8-9-20/h1-7,14,20,29H,8-13,15-16H2. The van der Waals surface area contributed by atoms with Gasteiger partial charge in [-0.3, -0.25) is 9.59 Å². The number of nitrogens with zero attached hydrogens (tertiary/aromatic N) is 2. The summed E-state index contributed by atoms with van der Waals surface area (Å²) in [4.78, 5) is 29.0. The Morgan fingerprint density at radius 2 is 1.55 bits per heavy atom. The summed E-state index contributed by atoms with van der Waals surface area (Å²) in [5, 5.41) is 9.91. The van der Waals surface area contributed by atoms with Crippen molar-refractivity contribution < 1.29 is 27.9 Å². The number of hydrogen-bond donors (Lipinski definition) is 1. The predicted octanol–water partition coefficient (Wildman–Crippen LogP) is 1.34. The van der Waals surface area contributed by atoms with Crippen LogP contribution < -0.4 is 0 Å². The average molecular weight is 471 g/mol. The summed E-state index contributed by atoms with van der Waals surface area (Å²) in [6.07, 6.45) is 1.45. The zero-order chi connectivity index (χ0) is 23.2. The van der Waals surface area contributed by atoms with Crippen LogP contribution in [0.5, 0.6) is 0 Å². The topological polar surface area (TPSA) is 104 Å². The number of carbonyl (C=O) groups is 2. The van der Waals surface area contributed by atoms with Crippen molar-refractivity contribution in [1.29, 1.82) is 0 Å². The fourth-order valence-corrected chi connectivity index (χ4v) is 5.94. The monoisotopic (exact) mass is 470 g/mol. The van der Waals surface area contributed by atoms with E-state index in [4.69, 9.17) is 4.74 Å². The molecule has 174 valence electrons. The second-order valence-corrected chi connectivity index (χ2v) is 11.2. The van der Waals surface area contributed by atoms with Crippen molar-refractivity contribution in [3.63, 3.8) is 0 Å². The molecule has 2 amide bonds. The number of piperazine rings is 1. The van der Waals surface area contributed by atoms with Crippen LogP contribution >= 0.6 is 0 Å². The van der Waals surface area contributed by atoms with E-state index in [0.29, 0.717) is 36.6 Å². The van der Waals surface area contributed by atoms with Gasteiger partial charge < -0.3 is 19.6 Å². The molecule has 3 fully saturated rings. The Kier molecular flexibility index (Phi) is 5.50. The van der Waals surface area contributed by atoms with Crippen LogP contribution in [-0.4, -0.2) is 85.4 Å². The van der Waals surface area contributed by atoms with E-state index in [2.05, 4.69) is 0 Å². The summed E-state index contributed by atoms with van der Waals surface area (Å²) in [6.45, 7) is 1.56. The SMILES string of the molecule is O=C(c1ccc(-c2cccc(S(=O)(=O)C3CC3)c2)cc1)N1CCN(C(=O)C2(O)COC2)CC1. The number of sulfone groups is 1. The molecule has 0 unspecified atom stereocenters. The quantitative estimate of drug-likeness (QED) is 0.707. The van der Waals surface area contributed by atoms with E-state index in [0.717, 1.165) is 24.0 Å². The van der Waals surface area contributed by atoms with Crippen LogP contribution in [-0.2, 0) is 19.4 Å². The molecule has 1 N–H and O–H groups in total. The number of carbonyl (C=O) groups excluding carboxylic acids is 2. The molecule has 2 aliphatic heterocycles. The second kappa shape index (κ2) is 8.23. The van der Waals surface area contributed by atoms with Gasteiger partial charge in [0, 0.05) is 31.7 Å². The van der Waals surface area contributed by atoms with Crippen LogP contribution in [0, 0.1) is 0 Å². The van der Waals surface area contributed by atoms with E-state index in [9.17, 15) is 23.1 Å². The number of amides is 2. The number of rotatable bonds is 5. The minimum Gasteiger partial charge on any atom is -0.376 e. The molecule has 0 bridgehead atoms. The van der Waals surface area contributed by atoms with Crippen LogP contribution in [0.3, 0.4) is 0 Å². The number of ether oxygens (including phenoxy) is 1. The summed E-state index contributed by atoms with van der Waals surface area (Å²) in [5.74, 6) is -0.458. The maximum atomic E-state index is 12.9. The van der Waals surface area contributed by atoms with Crippen molar-refractivity contribution in [2.75, 3.05) is 39.4 Å². The molecule has 5 rings (SSSR count). The fourth-order valence-electron chi connectivity index (χ4n) is 4.24. The smallest absolute Gasteiger partial charge is 0.259 e. The van der Waals surface area contributed by atoms with Crippen LogP contribution in [0.1, 0.15) is 23.2 Å². The minimum atomic E-state index is -3.26. The third-order valence-electron chi connectivity index (χ3n) is 6.52. The molecular weight excluding hydrogens is 444 g/mol. The molecule has 2 aromatic rings. The van der Waals surface area contributed by atoms with Crippen molar-refractivity contribution in [3.8, 4) is 11.1 Å². The van der Waals surface area contributed by atoms with Crippen LogP contribution in [0.4, 0.5) is 0 Å². The highest BCUT2D eigenvalue weighted by Gasteiger charge is 2.47. The van der Waals surface area contributed by atoms with Gasteiger partial charge >= 0.3 is 0 Å². The van der Waals surface area contributed by atoms with Crippen LogP contribution in [0.2, 0.25) is 0 Å². The molecule has 2 heterocycles. The fraction of sp³-hybridized carbons (Fsp3) is 0.417. The lowest BCUT2D eigenvalue weighted by atomic mass is 10.00. The molecule has 0 atom stereocenters. The lowest BCUT2D eigenvalue weighted by Crippen LogP contribution is -2.64. The highest BCUT2D eigenvalue weighted by atomic mass is 32.2. The second-order valence-electron chi connectivity index (χ2n) is 8.96. The van der Waals surface area contributed by atoms with Crippen molar-refractivity contribution in [1.82, 2.24) is 9.80 Å². The van der Waals surface area contributed by atoms with Crippen molar-refractivity contribution in [3.05, 3.63) is 54.1 Å². The number of benzene rings is 2. The first-order valence-electron chi connectivity index (χ1n) is 11.1. The van der Waals surface area contributed by atoms with E-state index in [-0.39, 0.29) is 30.3 Å². The van der Waals surface area contributed by atoms with E-state index in [1.165, 1.54) is 0 Å². The molecule has 0 radical (unpaired) electrons. The summed E-state index contributed by atoms with van der Waals surface area (Å²) < 4.78 is 30.0. The minimum absolute atomic E-state index is 0.0206. The molecule has 2 aromatic carbocycles. The molecule has 1 saturated carbocycles. The number of aliphatic hydroxyl groups is 1. The van der Waals surface area contributed by atoms with Gasteiger partial charge in [-0.2, -0.15) is 0 Å². The van der Waals surface area contributed by atoms with Crippen LogP contribution in [0.15, 0.2) is 53.4 Å². The van der Waals surface area contributed by atoms with Gasteiger partial charge in [-0.05, 0) is 48.2 Å². The molecule has 0 aromatic heterocycles. The molecule has 0 spiro atoms. The Morgan fingerprint density at radius 3 is 2.12 bits per heavy atom. The molecule has 1 aliphatic carbocycles. The van der Waals surface area contributed by atoms with Gasteiger partial charge in [0.1, 0.15) is 0 Å². The summed E-state index contributed by atoms with van der Waals surface area (Å²) in [5.41, 5.74) is 0.745. The Balaban J connectivity index is 1.24. The van der Waals surface area contributed by atoms with Gasteiger partial charge in [0.05, 0.1) is 23.4 Å². The summed E-state index contributed by atoms with van der Waals surface area (Å²) in [7, 11) is -3.26. The Hall–Kier alpha value is -2.75. The van der Waals surface area contributed by atoms with Crippen LogP contribution in [0.25, 0.3) is 11.1 Å². The molecule has 3 aliphatic rings. The van der Waals surface area contributed by atoms with Gasteiger partial charge in [-0.15, -0.1) is 0 Å². The molecule has 2 saturated heterocycles. The molecule has 33 heavy (non-hydrogen) atoms. The molecular formula is C24H26N2O6S. The highest BCUT2D eigenvalue weighted by Crippen LogP contribution is 2.35. The predicted molar refractivity (Wildman–Crippen MR) is 120 cm³/mol. The van der Waals surface area contributed by atoms with Gasteiger partial charge in [-0.1, -0.05) is 24.3 Å². The maximum Gasteiger partial charge on any atom is 0.259 e. The zero-order valence-corrected chi connectivity index (χ0v) is 19.0. The van der Waals surface area contributed by atoms with E-state index < -0.39 is 15.4 Å². The van der Waals surface area contributed by atoms with Crippen molar-refractivity contribution in [2.24, 2.45) is 0 Å². The first kappa shape index (κ1) is 22.1. The lowest BCUT2D eigenvalue weighted by Gasteiger charge is -2.42. The lowest BCUT2D eigenvalue weighted by molar-refractivity contribution is -0.201. The Bertz CT molecular complexity index is 1180. The molecule has 9 heteroatoms. The first-order chi connectivity index (χ1) is 15.8. The summed E-state index contributed by atoms with van der Waals surface area (Å²) >= 11 is 0. The van der Waals surface area contributed by atoms with E-state index in [1.54, 1.807) is 40.1 Å². The van der Waals surface area contributed by atoms with Crippen molar-refractivity contribution >= 4 is 21.7 Å². The van der Waals surface area contributed by atoms with Gasteiger partial charge in [0.2, 0.25) is 0 Å². The van der Waals surface area contributed by atoms with E-state index in [1.807, 2.05) is 18.2 Å².